The summed E-state index contributed by atoms with van der Waals surface area (Å²) >= 11 is 6.21. The van der Waals surface area contributed by atoms with Gasteiger partial charge in [0, 0.05) is 24.6 Å². The molecule has 8 heteroatoms. The smallest absolute Gasteiger partial charge is 0.228 e. The van der Waals surface area contributed by atoms with Gasteiger partial charge in [-0.05, 0) is 12.1 Å². The van der Waals surface area contributed by atoms with Crippen molar-refractivity contribution in [2.24, 2.45) is 0 Å². The number of nitrogens with zero attached hydrogens (tertiary/aromatic N) is 2. The molecule has 1 unspecified atom stereocenters. The first-order valence-electron chi connectivity index (χ1n) is 7.27. The molecule has 0 aliphatic carbocycles. The standard InChI is InChI=1S/C15H18ClN3O4/c1-20-12-6-9(5-11(16)14(12)21-2)15-18-13(23-19-15)7-10-8-22-4-3-17-10/h5-6,10,17H,3-4,7-8H2,1-2H3. The largest absolute Gasteiger partial charge is 0.493 e. The number of rotatable bonds is 5. The van der Waals surface area contributed by atoms with Crippen LogP contribution >= 0.6 is 11.6 Å². The quantitative estimate of drug-likeness (QED) is 0.891. The van der Waals surface area contributed by atoms with Crippen LogP contribution in [0.1, 0.15) is 5.89 Å². The lowest BCUT2D eigenvalue weighted by Gasteiger charge is -2.22. The third-order valence-electron chi connectivity index (χ3n) is 3.58. The molecule has 1 aliphatic rings. The molecule has 0 saturated carbocycles. The topological polar surface area (TPSA) is 78.6 Å². The maximum absolute atomic E-state index is 6.21. The first kappa shape index (κ1) is 16.0. The van der Waals surface area contributed by atoms with Crippen molar-refractivity contribution in [1.29, 1.82) is 0 Å². The molecule has 0 bridgehead atoms. The van der Waals surface area contributed by atoms with Gasteiger partial charge in [-0.25, -0.2) is 0 Å². The van der Waals surface area contributed by atoms with Crippen molar-refractivity contribution in [3.05, 3.63) is 23.0 Å². The van der Waals surface area contributed by atoms with E-state index in [-0.39, 0.29) is 6.04 Å². The van der Waals surface area contributed by atoms with Crippen LogP contribution in [-0.2, 0) is 11.2 Å². The van der Waals surface area contributed by atoms with E-state index in [0.29, 0.717) is 46.8 Å². The SMILES string of the molecule is COc1cc(-c2noc(CC3COCCN3)n2)cc(Cl)c1OC. The van der Waals surface area contributed by atoms with E-state index in [1.54, 1.807) is 19.2 Å². The van der Waals surface area contributed by atoms with Gasteiger partial charge in [-0.3, -0.25) is 0 Å². The molecule has 124 valence electrons. The summed E-state index contributed by atoms with van der Waals surface area (Å²) in [7, 11) is 3.09. The van der Waals surface area contributed by atoms with Crippen LogP contribution in [0.5, 0.6) is 11.5 Å². The zero-order valence-electron chi connectivity index (χ0n) is 13.0. The molecule has 1 N–H and O–H groups in total. The van der Waals surface area contributed by atoms with Gasteiger partial charge >= 0.3 is 0 Å². The molecule has 7 nitrogen and oxygen atoms in total. The van der Waals surface area contributed by atoms with E-state index in [1.807, 2.05) is 0 Å². The lowest BCUT2D eigenvalue weighted by atomic mass is 10.2. The third-order valence-corrected chi connectivity index (χ3v) is 3.86. The highest BCUT2D eigenvalue weighted by atomic mass is 35.5. The summed E-state index contributed by atoms with van der Waals surface area (Å²) in [6, 6.07) is 3.67. The summed E-state index contributed by atoms with van der Waals surface area (Å²) in [6.07, 6.45) is 0.619. The zero-order valence-corrected chi connectivity index (χ0v) is 13.7. The molecule has 1 aromatic carbocycles. The number of nitrogens with one attached hydrogen (secondary N) is 1. The van der Waals surface area contributed by atoms with Crippen LogP contribution in [0.2, 0.25) is 5.02 Å². The van der Waals surface area contributed by atoms with E-state index in [4.69, 9.17) is 30.3 Å². The minimum Gasteiger partial charge on any atom is -0.493 e. The number of aromatic nitrogens is 2. The van der Waals surface area contributed by atoms with E-state index in [1.165, 1.54) is 7.11 Å². The van der Waals surface area contributed by atoms with Gasteiger partial charge in [0.15, 0.2) is 11.5 Å². The second kappa shape index (κ2) is 7.16. The number of morpholine rings is 1. The molecule has 1 aromatic heterocycles. The second-order valence-electron chi connectivity index (χ2n) is 5.14. The Kier molecular flexibility index (Phi) is 5.00. The van der Waals surface area contributed by atoms with Crippen molar-refractivity contribution in [2.75, 3.05) is 34.0 Å². The number of ether oxygens (including phenoxy) is 3. The van der Waals surface area contributed by atoms with Gasteiger partial charge in [0.05, 0.1) is 32.5 Å². The molecule has 2 aromatic rings. The molecule has 2 heterocycles. The van der Waals surface area contributed by atoms with Gasteiger partial charge in [-0.1, -0.05) is 16.8 Å². The van der Waals surface area contributed by atoms with Crippen LogP contribution in [0, 0.1) is 0 Å². The van der Waals surface area contributed by atoms with Gasteiger partial charge in [0.25, 0.3) is 0 Å². The van der Waals surface area contributed by atoms with Gasteiger partial charge < -0.3 is 24.1 Å². The van der Waals surface area contributed by atoms with Crippen LogP contribution in [0.4, 0.5) is 0 Å². The van der Waals surface area contributed by atoms with Crippen molar-refractivity contribution < 1.29 is 18.7 Å². The fraction of sp³-hybridized carbons (Fsp3) is 0.467. The Balaban J connectivity index is 1.81. The molecule has 1 fully saturated rings. The average Bonchev–Trinajstić information content (AvgIpc) is 3.03. The van der Waals surface area contributed by atoms with Crippen LogP contribution in [0.15, 0.2) is 16.7 Å². The second-order valence-corrected chi connectivity index (χ2v) is 5.54. The fourth-order valence-electron chi connectivity index (χ4n) is 2.46. The molecule has 23 heavy (non-hydrogen) atoms. The molecule has 1 saturated heterocycles. The summed E-state index contributed by atoms with van der Waals surface area (Å²) < 4.78 is 21.2. The van der Waals surface area contributed by atoms with Gasteiger partial charge in [-0.2, -0.15) is 4.98 Å². The first-order chi connectivity index (χ1) is 11.2. The highest BCUT2D eigenvalue weighted by molar-refractivity contribution is 6.32. The molecule has 0 radical (unpaired) electrons. The Bertz CT molecular complexity index is 671. The Hall–Kier alpha value is -1.83. The van der Waals surface area contributed by atoms with Crippen molar-refractivity contribution >= 4 is 11.6 Å². The summed E-state index contributed by atoms with van der Waals surface area (Å²) in [5.74, 6) is 2.00. The maximum Gasteiger partial charge on any atom is 0.228 e. The maximum atomic E-state index is 6.21. The summed E-state index contributed by atoms with van der Waals surface area (Å²) in [5, 5.41) is 7.79. The molecular weight excluding hydrogens is 322 g/mol. The molecular formula is C15H18ClN3O4. The van der Waals surface area contributed by atoms with Crippen LogP contribution in [-0.4, -0.2) is 50.2 Å². The van der Waals surface area contributed by atoms with Gasteiger partial charge in [-0.15, -0.1) is 0 Å². The molecule has 0 spiro atoms. The van der Waals surface area contributed by atoms with E-state index < -0.39 is 0 Å². The summed E-state index contributed by atoms with van der Waals surface area (Å²) in [6.45, 7) is 2.20. The number of hydrogen-bond acceptors (Lipinski definition) is 7. The highest BCUT2D eigenvalue weighted by Gasteiger charge is 2.19. The number of halogens is 1. The van der Waals surface area contributed by atoms with E-state index >= 15 is 0 Å². The molecule has 3 rings (SSSR count). The number of hydrogen-bond donors (Lipinski definition) is 1. The highest BCUT2D eigenvalue weighted by Crippen LogP contribution is 2.38. The predicted molar refractivity (Wildman–Crippen MR) is 84.2 cm³/mol. The normalized spacial score (nSPS) is 18.0. The van der Waals surface area contributed by atoms with Gasteiger partial charge in [0.1, 0.15) is 0 Å². The van der Waals surface area contributed by atoms with Crippen LogP contribution in [0.3, 0.4) is 0 Å². The van der Waals surface area contributed by atoms with Crippen LogP contribution < -0.4 is 14.8 Å². The molecule has 1 atom stereocenters. The Morgan fingerprint density at radius 3 is 2.91 bits per heavy atom. The Morgan fingerprint density at radius 1 is 1.35 bits per heavy atom. The minimum atomic E-state index is 0.186. The minimum absolute atomic E-state index is 0.186. The summed E-state index contributed by atoms with van der Waals surface area (Å²) in [4.78, 5) is 4.42. The van der Waals surface area contributed by atoms with Crippen molar-refractivity contribution in [3.63, 3.8) is 0 Å². The zero-order chi connectivity index (χ0) is 16.2. The van der Waals surface area contributed by atoms with Crippen molar-refractivity contribution in [1.82, 2.24) is 15.5 Å². The van der Waals surface area contributed by atoms with Crippen LogP contribution in [0.25, 0.3) is 11.4 Å². The van der Waals surface area contributed by atoms with Crippen molar-refractivity contribution in [2.45, 2.75) is 12.5 Å². The number of benzene rings is 1. The third kappa shape index (κ3) is 3.57. The summed E-state index contributed by atoms with van der Waals surface area (Å²) in [5.41, 5.74) is 0.704. The number of methoxy groups -OCH3 is 2. The van der Waals surface area contributed by atoms with Crippen molar-refractivity contribution in [3.8, 4) is 22.9 Å². The Labute approximate surface area is 138 Å². The lowest BCUT2D eigenvalue weighted by Crippen LogP contribution is -2.42. The van der Waals surface area contributed by atoms with Gasteiger partial charge in [0.2, 0.25) is 11.7 Å². The van der Waals surface area contributed by atoms with E-state index in [2.05, 4.69) is 15.5 Å². The molecule has 0 amide bonds. The lowest BCUT2D eigenvalue weighted by molar-refractivity contribution is 0.0744. The Morgan fingerprint density at radius 2 is 2.22 bits per heavy atom. The predicted octanol–water partition coefficient (Wildman–Crippen LogP) is 1.94. The monoisotopic (exact) mass is 339 g/mol. The average molecular weight is 340 g/mol. The van der Waals surface area contributed by atoms with E-state index in [0.717, 1.165) is 13.2 Å². The first-order valence-corrected chi connectivity index (χ1v) is 7.64. The fourth-order valence-corrected chi connectivity index (χ4v) is 2.75. The molecule has 1 aliphatic heterocycles. The van der Waals surface area contributed by atoms with E-state index in [9.17, 15) is 0 Å².